The molecular formula is C14H21N3O6S. The lowest BCUT2D eigenvalue weighted by molar-refractivity contribution is -0.141. The highest BCUT2D eigenvalue weighted by atomic mass is 32.2. The molecule has 1 aromatic heterocycles. The maximum absolute atomic E-state index is 12.4. The average molecular weight is 359 g/mol. The highest BCUT2D eigenvalue weighted by Gasteiger charge is 2.33. The van der Waals surface area contributed by atoms with E-state index in [2.05, 4.69) is 15.2 Å². The number of rotatable bonds is 6. The van der Waals surface area contributed by atoms with E-state index in [4.69, 9.17) is 9.63 Å². The maximum atomic E-state index is 12.4. The van der Waals surface area contributed by atoms with Crippen LogP contribution >= 0.6 is 0 Å². The van der Waals surface area contributed by atoms with E-state index in [9.17, 15) is 18.0 Å². The van der Waals surface area contributed by atoms with Crippen molar-refractivity contribution in [3.05, 3.63) is 11.5 Å². The third-order valence-electron chi connectivity index (χ3n) is 4.09. The van der Waals surface area contributed by atoms with E-state index in [0.717, 1.165) is 0 Å². The van der Waals surface area contributed by atoms with Crippen LogP contribution in [0.3, 0.4) is 0 Å². The summed E-state index contributed by atoms with van der Waals surface area (Å²) >= 11 is 0. The predicted octanol–water partition coefficient (Wildman–Crippen LogP) is 0.328. The molecule has 24 heavy (non-hydrogen) atoms. The van der Waals surface area contributed by atoms with Crippen molar-refractivity contribution in [1.29, 1.82) is 0 Å². The van der Waals surface area contributed by atoms with E-state index in [1.807, 2.05) is 0 Å². The van der Waals surface area contributed by atoms with Crippen LogP contribution in [0, 0.1) is 19.8 Å². The summed E-state index contributed by atoms with van der Waals surface area (Å²) in [6, 6.07) is -1.27. The lowest BCUT2D eigenvalue weighted by Crippen LogP contribution is -2.47. The molecule has 3 atom stereocenters. The van der Waals surface area contributed by atoms with Crippen LogP contribution in [0.5, 0.6) is 0 Å². The van der Waals surface area contributed by atoms with E-state index >= 15 is 0 Å². The number of carboxylic acid groups (broad SMARTS) is 1. The summed E-state index contributed by atoms with van der Waals surface area (Å²) in [4.78, 5) is 23.0. The molecule has 0 bridgehead atoms. The molecule has 0 aromatic carbocycles. The Morgan fingerprint density at radius 3 is 2.50 bits per heavy atom. The number of hydrogen-bond donors (Lipinski definition) is 3. The van der Waals surface area contributed by atoms with Crippen LogP contribution in [-0.2, 0) is 19.6 Å². The van der Waals surface area contributed by atoms with Gasteiger partial charge in [-0.3, -0.25) is 9.59 Å². The molecule has 1 fully saturated rings. The van der Waals surface area contributed by atoms with Gasteiger partial charge in [-0.1, -0.05) is 5.16 Å². The monoisotopic (exact) mass is 359 g/mol. The van der Waals surface area contributed by atoms with E-state index in [0.29, 0.717) is 19.3 Å². The Morgan fingerprint density at radius 2 is 2.00 bits per heavy atom. The number of carboxylic acids is 1. The Bertz CT molecular complexity index is 722. The van der Waals surface area contributed by atoms with Gasteiger partial charge in [0.15, 0.2) is 5.76 Å². The molecule has 3 N–H and O–H groups in total. The Hall–Kier alpha value is -1.94. The van der Waals surface area contributed by atoms with Gasteiger partial charge >= 0.3 is 5.97 Å². The molecule has 1 aliphatic rings. The summed E-state index contributed by atoms with van der Waals surface area (Å²) in [5.41, 5.74) is 0.215. The topological polar surface area (TPSA) is 139 Å². The number of hydrogen-bond acceptors (Lipinski definition) is 6. The van der Waals surface area contributed by atoms with Gasteiger partial charge in [-0.25, -0.2) is 8.42 Å². The fourth-order valence-corrected chi connectivity index (χ4v) is 4.40. The number of amides is 1. The molecule has 1 aliphatic carbocycles. The molecule has 0 spiro atoms. The van der Waals surface area contributed by atoms with Crippen LogP contribution < -0.4 is 10.0 Å². The van der Waals surface area contributed by atoms with Gasteiger partial charge in [0.05, 0.1) is 12.0 Å². The van der Waals surface area contributed by atoms with Crippen LogP contribution in [0.15, 0.2) is 9.42 Å². The van der Waals surface area contributed by atoms with Gasteiger partial charge in [-0.05, 0) is 40.0 Å². The highest BCUT2D eigenvalue weighted by Crippen LogP contribution is 2.25. The van der Waals surface area contributed by atoms with Crippen molar-refractivity contribution in [3.63, 3.8) is 0 Å². The zero-order chi connectivity index (χ0) is 18.1. The second-order valence-corrected chi connectivity index (χ2v) is 7.70. The highest BCUT2D eigenvalue weighted by molar-refractivity contribution is 7.89. The van der Waals surface area contributed by atoms with Crippen molar-refractivity contribution in [1.82, 2.24) is 15.2 Å². The number of carbonyl (C=O) groups excluding carboxylic acids is 1. The fraction of sp³-hybridized carbons (Fsp3) is 0.643. The Balaban J connectivity index is 1.98. The first-order valence-corrected chi connectivity index (χ1v) is 9.08. The summed E-state index contributed by atoms with van der Waals surface area (Å²) in [7, 11) is -3.94. The number of nitrogens with one attached hydrogen (secondary N) is 2. The van der Waals surface area contributed by atoms with Crippen LogP contribution in [0.25, 0.3) is 0 Å². The SMILES string of the molecule is Cc1noc(C)c1S(=O)(=O)NC(C)C(=O)N[C@@H]1CC[C@H](C(=O)O)C1. The molecule has 1 heterocycles. The van der Waals surface area contributed by atoms with Crippen molar-refractivity contribution >= 4 is 21.9 Å². The van der Waals surface area contributed by atoms with Crippen LogP contribution in [-0.4, -0.2) is 42.6 Å². The number of aliphatic carboxylic acids is 1. The van der Waals surface area contributed by atoms with Gasteiger partial charge in [-0.15, -0.1) is 0 Å². The normalized spacial score (nSPS) is 22.3. The molecule has 1 aromatic rings. The minimum atomic E-state index is -3.94. The average Bonchev–Trinajstić information content (AvgIpc) is 3.05. The quantitative estimate of drug-likeness (QED) is 0.665. The first-order chi connectivity index (χ1) is 11.1. The Labute approximate surface area is 139 Å². The summed E-state index contributed by atoms with van der Waals surface area (Å²) < 4.78 is 31.9. The molecule has 9 nitrogen and oxygen atoms in total. The zero-order valence-corrected chi connectivity index (χ0v) is 14.5. The molecule has 0 saturated heterocycles. The van der Waals surface area contributed by atoms with Crippen molar-refractivity contribution in [3.8, 4) is 0 Å². The number of carbonyl (C=O) groups is 2. The molecule has 1 amide bonds. The van der Waals surface area contributed by atoms with E-state index in [-0.39, 0.29) is 22.4 Å². The lowest BCUT2D eigenvalue weighted by atomic mass is 10.1. The van der Waals surface area contributed by atoms with Gasteiger partial charge < -0.3 is 14.9 Å². The number of sulfonamides is 1. The Morgan fingerprint density at radius 1 is 1.33 bits per heavy atom. The summed E-state index contributed by atoms with van der Waals surface area (Å²) in [6.45, 7) is 4.40. The second kappa shape index (κ2) is 6.89. The predicted molar refractivity (Wildman–Crippen MR) is 82.7 cm³/mol. The molecule has 1 saturated carbocycles. The van der Waals surface area contributed by atoms with E-state index < -0.39 is 33.9 Å². The van der Waals surface area contributed by atoms with E-state index in [1.54, 1.807) is 0 Å². The van der Waals surface area contributed by atoms with Crippen molar-refractivity contribution in [2.24, 2.45) is 5.92 Å². The molecule has 1 unspecified atom stereocenters. The van der Waals surface area contributed by atoms with Crippen molar-refractivity contribution < 1.29 is 27.6 Å². The van der Waals surface area contributed by atoms with Crippen molar-refractivity contribution in [2.75, 3.05) is 0 Å². The third-order valence-corrected chi connectivity index (χ3v) is 5.87. The van der Waals surface area contributed by atoms with Gasteiger partial charge in [0, 0.05) is 6.04 Å². The van der Waals surface area contributed by atoms with Gasteiger partial charge in [-0.2, -0.15) is 4.72 Å². The van der Waals surface area contributed by atoms with Gasteiger partial charge in [0.2, 0.25) is 15.9 Å². The number of aromatic nitrogens is 1. The molecule has 0 radical (unpaired) electrons. The third kappa shape index (κ3) is 3.93. The summed E-state index contributed by atoms with van der Waals surface area (Å²) in [5, 5.41) is 15.3. The van der Waals surface area contributed by atoms with Crippen LogP contribution in [0.2, 0.25) is 0 Å². The number of aryl methyl sites for hydroxylation is 2. The fourth-order valence-electron chi connectivity index (χ4n) is 2.87. The smallest absolute Gasteiger partial charge is 0.306 e. The van der Waals surface area contributed by atoms with Crippen molar-refractivity contribution in [2.45, 2.75) is 57.0 Å². The van der Waals surface area contributed by atoms with E-state index in [1.165, 1.54) is 20.8 Å². The molecular weight excluding hydrogens is 338 g/mol. The van der Waals surface area contributed by atoms with Crippen LogP contribution in [0.1, 0.15) is 37.6 Å². The minimum absolute atomic E-state index is 0.0750. The van der Waals surface area contributed by atoms with Crippen LogP contribution in [0.4, 0.5) is 0 Å². The van der Waals surface area contributed by atoms with Gasteiger partial charge in [0.1, 0.15) is 10.6 Å². The lowest BCUT2D eigenvalue weighted by Gasteiger charge is -2.18. The molecule has 134 valence electrons. The summed E-state index contributed by atoms with van der Waals surface area (Å²) in [6.07, 6.45) is 1.41. The van der Waals surface area contributed by atoms with Gasteiger partial charge in [0.25, 0.3) is 0 Å². The minimum Gasteiger partial charge on any atom is -0.481 e. The second-order valence-electron chi connectivity index (χ2n) is 6.05. The Kier molecular flexibility index (Phi) is 5.29. The molecule has 10 heteroatoms. The largest absolute Gasteiger partial charge is 0.481 e. The molecule has 2 rings (SSSR count). The first kappa shape index (κ1) is 18.4. The zero-order valence-electron chi connectivity index (χ0n) is 13.7. The molecule has 0 aliphatic heterocycles. The summed E-state index contributed by atoms with van der Waals surface area (Å²) in [5.74, 6) is -1.70. The maximum Gasteiger partial charge on any atom is 0.306 e. The standard InChI is InChI=1S/C14H21N3O6S/c1-7-12(9(3)23-16-7)24(21,22)17-8(2)13(18)15-11-5-4-10(6-11)14(19)20/h8,10-11,17H,4-6H2,1-3H3,(H,15,18)(H,19,20)/t8?,10-,11+/m0/s1. The first-order valence-electron chi connectivity index (χ1n) is 7.60. The number of nitrogens with zero attached hydrogens (tertiary/aromatic N) is 1.